The number of non-ortho nitro benzene ring substituents is 1. The highest BCUT2D eigenvalue weighted by atomic mass is 79.9. The molecule has 1 amide bonds. The highest BCUT2D eigenvalue weighted by molar-refractivity contribution is 9.10. The minimum Gasteiger partial charge on any atom is -0.320 e. The van der Waals surface area contributed by atoms with Crippen molar-refractivity contribution in [2.45, 2.75) is 0 Å². The van der Waals surface area contributed by atoms with Crippen LogP contribution in [0.3, 0.4) is 0 Å². The van der Waals surface area contributed by atoms with E-state index in [-0.39, 0.29) is 22.4 Å². The number of nitrogens with zero attached hydrogens (tertiary/aromatic N) is 3. The van der Waals surface area contributed by atoms with Crippen LogP contribution < -0.4 is 5.32 Å². The molecule has 0 fully saturated rings. The molecular formula is C23H13BrN4O4. The van der Waals surface area contributed by atoms with Gasteiger partial charge in [-0.2, -0.15) is 5.10 Å². The number of para-hydroxylation sites is 2. The molecule has 0 spiro atoms. The third kappa shape index (κ3) is 3.19. The lowest BCUT2D eigenvalue weighted by atomic mass is 10.00. The van der Waals surface area contributed by atoms with Gasteiger partial charge in [0.25, 0.3) is 11.6 Å². The zero-order valence-electron chi connectivity index (χ0n) is 16.3. The van der Waals surface area contributed by atoms with E-state index in [0.717, 1.165) is 0 Å². The summed E-state index contributed by atoms with van der Waals surface area (Å²) in [6, 6.07) is 18.1. The molecule has 0 saturated heterocycles. The van der Waals surface area contributed by atoms with Crippen LogP contribution in [-0.2, 0) is 0 Å². The van der Waals surface area contributed by atoms with E-state index in [4.69, 9.17) is 0 Å². The van der Waals surface area contributed by atoms with E-state index in [1.165, 1.54) is 12.1 Å². The third-order valence-corrected chi connectivity index (χ3v) is 5.66. The first kappa shape index (κ1) is 19.8. The highest BCUT2D eigenvalue weighted by Gasteiger charge is 2.32. The summed E-state index contributed by atoms with van der Waals surface area (Å²) in [6.07, 6.45) is 1.75. The fourth-order valence-electron chi connectivity index (χ4n) is 3.82. The number of nitrogens with one attached hydrogen (secondary N) is 1. The Hall–Kier alpha value is -4.11. The zero-order valence-corrected chi connectivity index (χ0v) is 17.9. The first-order chi connectivity index (χ1) is 15.4. The Morgan fingerprint density at radius 3 is 2.56 bits per heavy atom. The van der Waals surface area contributed by atoms with Gasteiger partial charge in [-0.15, -0.1) is 0 Å². The first-order valence-electron chi connectivity index (χ1n) is 9.52. The van der Waals surface area contributed by atoms with Crippen molar-refractivity contribution in [2.75, 3.05) is 5.32 Å². The van der Waals surface area contributed by atoms with Crippen LogP contribution in [0.2, 0.25) is 0 Å². The van der Waals surface area contributed by atoms with Gasteiger partial charge in [-0.25, -0.2) is 4.68 Å². The summed E-state index contributed by atoms with van der Waals surface area (Å²) in [7, 11) is 0. The van der Waals surface area contributed by atoms with Gasteiger partial charge in [0.1, 0.15) is 4.60 Å². The molecule has 0 aliphatic heterocycles. The van der Waals surface area contributed by atoms with E-state index in [1.54, 1.807) is 53.3 Å². The Balaban J connectivity index is 1.53. The van der Waals surface area contributed by atoms with Crippen molar-refractivity contribution in [3.05, 3.63) is 104 Å². The Labute approximate surface area is 189 Å². The lowest BCUT2D eigenvalue weighted by Gasteiger charge is -2.12. The third-order valence-electron chi connectivity index (χ3n) is 5.24. The number of nitro benzene ring substituents is 1. The minimum atomic E-state index is -0.547. The molecular weight excluding hydrogens is 476 g/mol. The van der Waals surface area contributed by atoms with Crippen LogP contribution in [0.25, 0.3) is 16.8 Å². The van der Waals surface area contributed by atoms with Crippen LogP contribution in [-0.4, -0.2) is 26.4 Å². The van der Waals surface area contributed by atoms with Gasteiger partial charge in [-0.05, 0) is 57.4 Å². The number of ketones is 1. The van der Waals surface area contributed by atoms with Crippen molar-refractivity contribution in [2.24, 2.45) is 0 Å². The van der Waals surface area contributed by atoms with Gasteiger partial charge in [0, 0.05) is 29.5 Å². The van der Waals surface area contributed by atoms with Gasteiger partial charge in [0.15, 0.2) is 5.78 Å². The lowest BCUT2D eigenvalue weighted by Crippen LogP contribution is -2.17. The molecule has 1 aliphatic rings. The number of aromatic nitrogens is 2. The van der Waals surface area contributed by atoms with E-state index in [9.17, 15) is 19.7 Å². The Kier molecular flexibility index (Phi) is 4.67. The summed E-state index contributed by atoms with van der Waals surface area (Å²) >= 11 is 3.31. The summed E-state index contributed by atoms with van der Waals surface area (Å²) in [5.41, 5.74) is 2.81. The Morgan fingerprint density at radius 1 is 1.00 bits per heavy atom. The van der Waals surface area contributed by atoms with E-state index >= 15 is 0 Å². The molecule has 0 radical (unpaired) electrons. The maximum Gasteiger partial charge on any atom is 0.270 e. The maximum absolute atomic E-state index is 13.2. The number of halogens is 1. The number of hydrogen-bond donors (Lipinski definition) is 1. The molecule has 1 aromatic heterocycles. The normalized spacial score (nSPS) is 11.7. The standard InChI is InChI=1S/C23H13BrN4O4/c24-20-10-11-27(26-20)19-7-2-1-6-18(19)25-23(30)16-5-3-4-15-14-9-8-13(28(31)32)12-17(14)22(29)21(15)16/h1-12H,(H,25,30). The fourth-order valence-corrected chi connectivity index (χ4v) is 4.11. The van der Waals surface area contributed by atoms with E-state index in [2.05, 4.69) is 26.3 Å². The van der Waals surface area contributed by atoms with Gasteiger partial charge >= 0.3 is 0 Å². The first-order valence-corrected chi connectivity index (χ1v) is 10.3. The second kappa shape index (κ2) is 7.54. The molecule has 4 aromatic rings. The van der Waals surface area contributed by atoms with E-state index in [0.29, 0.717) is 27.1 Å². The number of benzene rings is 3. The van der Waals surface area contributed by atoms with Crippen LogP contribution in [0.4, 0.5) is 11.4 Å². The molecule has 0 unspecified atom stereocenters. The highest BCUT2D eigenvalue weighted by Crippen LogP contribution is 2.40. The zero-order chi connectivity index (χ0) is 22.4. The molecule has 1 aliphatic carbocycles. The number of amides is 1. The number of carbonyl (C=O) groups excluding carboxylic acids is 2. The molecule has 3 aromatic carbocycles. The Bertz CT molecular complexity index is 1440. The van der Waals surface area contributed by atoms with Gasteiger partial charge in [-0.1, -0.05) is 24.3 Å². The fraction of sp³-hybridized carbons (Fsp3) is 0. The van der Waals surface area contributed by atoms with Crippen molar-refractivity contribution in [1.29, 1.82) is 0 Å². The minimum absolute atomic E-state index is 0.171. The molecule has 0 saturated carbocycles. The molecule has 1 heterocycles. The molecule has 9 heteroatoms. The molecule has 0 bridgehead atoms. The molecule has 0 atom stereocenters. The number of carbonyl (C=O) groups is 2. The van der Waals surface area contributed by atoms with Crippen LogP contribution >= 0.6 is 15.9 Å². The topological polar surface area (TPSA) is 107 Å². The van der Waals surface area contributed by atoms with Crippen LogP contribution in [0, 0.1) is 10.1 Å². The SMILES string of the molecule is O=C(Nc1ccccc1-n1ccc(Br)n1)c1cccc2c1C(=O)c1cc([N+](=O)[O-])ccc1-2. The van der Waals surface area contributed by atoms with Crippen molar-refractivity contribution in [3.8, 4) is 16.8 Å². The largest absolute Gasteiger partial charge is 0.320 e. The number of hydrogen-bond acceptors (Lipinski definition) is 5. The molecule has 1 N–H and O–H groups in total. The average molecular weight is 489 g/mol. The van der Waals surface area contributed by atoms with Crippen LogP contribution in [0.1, 0.15) is 26.3 Å². The number of rotatable bonds is 4. The summed E-state index contributed by atoms with van der Waals surface area (Å²) in [5, 5.41) is 18.3. The lowest BCUT2D eigenvalue weighted by molar-refractivity contribution is -0.384. The summed E-state index contributed by atoms with van der Waals surface area (Å²) in [5.74, 6) is -0.870. The van der Waals surface area contributed by atoms with Gasteiger partial charge < -0.3 is 5.32 Å². The van der Waals surface area contributed by atoms with Gasteiger partial charge in [0.2, 0.25) is 0 Å². The van der Waals surface area contributed by atoms with Crippen molar-refractivity contribution in [1.82, 2.24) is 9.78 Å². The molecule has 8 nitrogen and oxygen atoms in total. The van der Waals surface area contributed by atoms with Crippen molar-refractivity contribution >= 4 is 39.0 Å². The van der Waals surface area contributed by atoms with E-state index < -0.39 is 16.6 Å². The average Bonchev–Trinajstić information content (AvgIpc) is 3.35. The number of nitro groups is 1. The Morgan fingerprint density at radius 2 is 1.81 bits per heavy atom. The van der Waals surface area contributed by atoms with Crippen molar-refractivity contribution in [3.63, 3.8) is 0 Å². The second-order valence-electron chi connectivity index (χ2n) is 7.10. The maximum atomic E-state index is 13.2. The number of fused-ring (bicyclic) bond motifs is 3. The molecule has 156 valence electrons. The van der Waals surface area contributed by atoms with Gasteiger partial charge in [0.05, 0.1) is 21.9 Å². The predicted octanol–water partition coefficient (Wildman–Crippen LogP) is 5.01. The van der Waals surface area contributed by atoms with Crippen LogP contribution in [0.15, 0.2) is 77.5 Å². The second-order valence-corrected chi connectivity index (χ2v) is 7.91. The van der Waals surface area contributed by atoms with E-state index in [1.807, 2.05) is 12.1 Å². The summed E-state index contributed by atoms with van der Waals surface area (Å²) in [6.45, 7) is 0. The molecule has 32 heavy (non-hydrogen) atoms. The monoisotopic (exact) mass is 488 g/mol. The van der Waals surface area contributed by atoms with Crippen LogP contribution in [0.5, 0.6) is 0 Å². The van der Waals surface area contributed by atoms with Crippen molar-refractivity contribution < 1.29 is 14.5 Å². The molecule has 5 rings (SSSR count). The predicted molar refractivity (Wildman–Crippen MR) is 121 cm³/mol. The number of anilines is 1. The smallest absolute Gasteiger partial charge is 0.270 e. The summed E-state index contributed by atoms with van der Waals surface area (Å²) < 4.78 is 2.27. The van der Waals surface area contributed by atoms with Gasteiger partial charge in [-0.3, -0.25) is 19.7 Å². The quantitative estimate of drug-likeness (QED) is 0.282. The summed E-state index contributed by atoms with van der Waals surface area (Å²) in [4.78, 5) is 36.9.